The summed E-state index contributed by atoms with van der Waals surface area (Å²) in [7, 11) is 1.78. The van der Waals surface area contributed by atoms with E-state index in [2.05, 4.69) is 10.4 Å². The molecule has 1 amide bonds. The third-order valence-electron chi connectivity index (χ3n) is 2.99. The van der Waals surface area contributed by atoms with Crippen LogP contribution < -0.4 is 11.1 Å². The number of amides is 1. The smallest absolute Gasteiger partial charge is 0.259 e. The number of nitrogens with two attached hydrogens (primary N) is 1. The fourth-order valence-electron chi connectivity index (χ4n) is 1.94. The number of rotatable bonds is 4. The Morgan fingerprint density at radius 1 is 1.52 bits per heavy atom. The lowest BCUT2D eigenvalue weighted by Gasteiger charge is -2.08. The molecule has 0 aliphatic rings. The van der Waals surface area contributed by atoms with Crippen LogP contribution in [-0.4, -0.2) is 20.7 Å². The van der Waals surface area contributed by atoms with Crippen molar-refractivity contribution in [3.8, 4) is 0 Å². The monoisotopic (exact) mass is 322 g/mol. The molecule has 0 saturated carbocycles. The summed E-state index contributed by atoms with van der Waals surface area (Å²) in [6, 6.07) is 5.02. The fraction of sp³-hybridized carbons (Fsp3) is 0.214. The van der Waals surface area contributed by atoms with Crippen molar-refractivity contribution in [3.63, 3.8) is 0 Å². The number of hydrogen-bond donors (Lipinski definition) is 2. The van der Waals surface area contributed by atoms with Crippen molar-refractivity contribution in [2.45, 2.75) is 13.3 Å². The number of aromatic nitrogens is 2. The second-order valence-electron chi connectivity index (χ2n) is 4.53. The zero-order valence-electron chi connectivity index (χ0n) is 11.7. The molecule has 1 aromatic heterocycles. The van der Waals surface area contributed by atoms with Gasteiger partial charge in [-0.1, -0.05) is 30.7 Å². The SMILES string of the molecule is CCc1nn(C)cc1C(=O)Nc1ccc(C(N)=S)cc1Cl. The number of carbonyl (C=O) groups excluding carboxylic acids is 1. The van der Waals surface area contributed by atoms with Gasteiger partial charge in [0.2, 0.25) is 0 Å². The van der Waals surface area contributed by atoms with Crippen LogP contribution in [0.1, 0.15) is 28.5 Å². The van der Waals surface area contributed by atoms with Crippen molar-refractivity contribution in [1.82, 2.24) is 9.78 Å². The fourth-order valence-corrected chi connectivity index (χ4v) is 2.30. The summed E-state index contributed by atoms with van der Waals surface area (Å²) in [5, 5.41) is 7.40. The molecule has 2 aromatic rings. The first-order valence-electron chi connectivity index (χ1n) is 6.35. The molecule has 0 bridgehead atoms. The summed E-state index contributed by atoms with van der Waals surface area (Å²) in [6.07, 6.45) is 2.36. The summed E-state index contributed by atoms with van der Waals surface area (Å²) in [6.45, 7) is 1.95. The first-order valence-corrected chi connectivity index (χ1v) is 7.14. The molecule has 2 rings (SSSR count). The maximum atomic E-state index is 12.3. The maximum absolute atomic E-state index is 12.3. The highest BCUT2D eigenvalue weighted by Crippen LogP contribution is 2.24. The van der Waals surface area contributed by atoms with Gasteiger partial charge in [0.05, 0.1) is 22.0 Å². The van der Waals surface area contributed by atoms with E-state index in [1.807, 2.05) is 6.92 Å². The van der Waals surface area contributed by atoms with E-state index in [0.717, 1.165) is 5.69 Å². The van der Waals surface area contributed by atoms with Gasteiger partial charge in [0.1, 0.15) is 4.99 Å². The maximum Gasteiger partial charge on any atom is 0.259 e. The Balaban J connectivity index is 2.25. The van der Waals surface area contributed by atoms with Crippen LogP contribution in [-0.2, 0) is 13.5 Å². The van der Waals surface area contributed by atoms with Gasteiger partial charge in [-0.05, 0) is 24.6 Å². The molecule has 0 fully saturated rings. The molecule has 0 radical (unpaired) electrons. The van der Waals surface area contributed by atoms with Gasteiger partial charge in [0.15, 0.2) is 0 Å². The Kier molecular flexibility index (Phi) is 4.59. The summed E-state index contributed by atoms with van der Waals surface area (Å²) in [5.74, 6) is -0.245. The van der Waals surface area contributed by atoms with Crippen LogP contribution in [0.5, 0.6) is 0 Å². The number of thiocarbonyl (C=S) groups is 1. The molecule has 7 heteroatoms. The molecule has 21 heavy (non-hydrogen) atoms. The number of carbonyl (C=O) groups is 1. The third kappa shape index (κ3) is 3.40. The van der Waals surface area contributed by atoms with E-state index < -0.39 is 0 Å². The molecule has 0 saturated heterocycles. The van der Waals surface area contributed by atoms with Crippen LogP contribution in [0.25, 0.3) is 0 Å². The van der Waals surface area contributed by atoms with Gasteiger partial charge in [-0.2, -0.15) is 5.10 Å². The number of nitrogens with one attached hydrogen (secondary N) is 1. The van der Waals surface area contributed by atoms with Gasteiger partial charge in [-0.3, -0.25) is 9.48 Å². The number of halogens is 1. The predicted molar refractivity (Wildman–Crippen MR) is 87.9 cm³/mol. The summed E-state index contributed by atoms with van der Waals surface area (Å²) < 4.78 is 1.62. The van der Waals surface area contributed by atoms with Crippen molar-refractivity contribution >= 4 is 40.4 Å². The standard InChI is InChI=1S/C14H15ClN4OS/c1-3-11-9(7-19(2)18-11)14(20)17-12-5-4-8(13(16)21)6-10(12)15/h4-7H,3H2,1-2H3,(H2,16,21)(H,17,20). The van der Waals surface area contributed by atoms with Crippen molar-refractivity contribution in [2.75, 3.05) is 5.32 Å². The van der Waals surface area contributed by atoms with E-state index in [9.17, 15) is 4.79 Å². The molecule has 0 atom stereocenters. The van der Waals surface area contributed by atoms with E-state index in [1.165, 1.54) is 0 Å². The number of nitrogens with zero attached hydrogens (tertiary/aromatic N) is 2. The van der Waals surface area contributed by atoms with Gasteiger partial charge in [0, 0.05) is 18.8 Å². The molecular formula is C14H15ClN4OS. The molecule has 0 aliphatic heterocycles. The quantitative estimate of drug-likeness (QED) is 0.848. The van der Waals surface area contributed by atoms with Gasteiger partial charge in [0.25, 0.3) is 5.91 Å². The molecule has 3 N–H and O–H groups in total. The van der Waals surface area contributed by atoms with Crippen LogP contribution in [0.3, 0.4) is 0 Å². The Morgan fingerprint density at radius 2 is 2.24 bits per heavy atom. The Morgan fingerprint density at radius 3 is 2.81 bits per heavy atom. The molecule has 0 aliphatic carbocycles. The highest BCUT2D eigenvalue weighted by Gasteiger charge is 2.15. The van der Waals surface area contributed by atoms with Crippen LogP contribution in [0.4, 0.5) is 5.69 Å². The van der Waals surface area contributed by atoms with E-state index in [0.29, 0.717) is 28.3 Å². The minimum atomic E-state index is -0.245. The number of anilines is 1. The number of benzene rings is 1. The van der Waals surface area contributed by atoms with Crippen LogP contribution >= 0.6 is 23.8 Å². The summed E-state index contributed by atoms with van der Waals surface area (Å²) >= 11 is 11.0. The topological polar surface area (TPSA) is 72.9 Å². The van der Waals surface area contributed by atoms with Crippen molar-refractivity contribution in [1.29, 1.82) is 0 Å². The van der Waals surface area contributed by atoms with Crippen LogP contribution in [0, 0.1) is 0 Å². The lowest BCUT2D eigenvalue weighted by atomic mass is 10.1. The van der Waals surface area contributed by atoms with Crippen LogP contribution in [0.15, 0.2) is 24.4 Å². The predicted octanol–water partition coefficient (Wildman–Crippen LogP) is 2.52. The van der Waals surface area contributed by atoms with Gasteiger partial charge < -0.3 is 11.1 Å². The van der Waals surface area contributed by atoms with Crippen molar-refractivity contribution in [3.05, 3.63) is 46.2 Å². The molecule has 1 heterocycles. The number of aryl methyl sites for hydroxylation is 2. The van der Waals surface area contributed by atoms with E-state index >= 15 is 0 Å². The van der Waals surface area contributed by atoms with E-state index in [4.69, 9.17) is 29.6 Å². The van der Waals surface area contributed by atoms with Crippen molar-refractivity contribution in [2.24, 2.45) is 12.8 Å². The van der Waals surface area contributed by atoms with Gasteiger partial charge in [-0.25, -0.2) is 0 Å². The minimum absolute atomic E-state index is 0.245. The molecule has 0 unspecified atom stereocenters. The van der Waals surface area contributed by atoms with E-state index in [-0.39, 0.29) is 10.9 Å². The molecule has 1 aromatic carbocycles. The first kappa shape index (κ1) is 15.5. The first-order chi connectivity index (χ1) is 9.92. The van der Waals surface area contributed by atoms with Gasteiger partial charge in [-0.15, -0.1) is 0 Å². The van der Waals surface area contributed by atoms with Crippen molar-refractivity contribution < 1.29 is 4.79 Å². The Hall–Kier alpha value is -1.92. The summed E-state index contributed by atoms with van der Waals surface area (Å²) in [5.41, 5.74) is 7.98. The lowest BCUT2D eigenvalue weighted by molar-refractivity contribution is 0.102. The third-order valence-corrected chi connectivity index (χ3v) is 3.54. The zero-order chi connectivity index (χ0) is 15.6. The van der Waals surface area contributed by atoms with Crippen LogP contribution in [0.2, 0.25) is 5.02 Å². The largest absolute Gasteiger partial charge is 0.389 e. The molecular weight excluding hydrogens is 308 g/mol. The highest BCUT2D eigenvalue weighted by molar-refractivity contribution is 7.80. The highest BCUT2D eigenvalue weighted by atomic mass is 35.5. The second-order valence-corrected chi connectivity index (χ2v) is 5.38. The Bertz CT molecular complexity index is 711. The lowest BCUT2D eigenvalue weighted by Crippen LogP contribution is -2.14. The zero-order valence-corrected chi connectivity index (χ0v) is 13.3. The second kappa shape index (κ2) is 6.24. The van der Waals surface area contributed by atoms with E-state index in [1.54, 1.807) is 36.1 Å². The average Bonchev–Trinajstić information content (AvgIpc) is 2.82. The normalized spacial score (nSPS) is 10.4. The summed E-state index contributed by atoms with van der Waals surface area (Å²) in [4.78, 5) is 12.6. The molecule has 0 spiro atoms. The Labute approximate surface area is 133 Å². The van der Waals surface area contributed by atoms with Gasteiger partial charge >= 0.3 is 0 Å². The minimum Gasteiger partial charge on any atom is -0.389 e. The molecule has 110 valence electrons. The average molecular weight is 323 g/mol. The molecule has 5 nitrogen and oxygen atoms in total. The number of hydrogen-bond acceptors (Lipinski definition) is 3.